The van der Waals surface area contributed by atoms with Crippen LogP contribution in [0.2, 0.25) is 0 Å². The molecule has 172 valence electrons. The molecule has 2 rings (SSSR count). The van der Waals surface area contributed by atoms with Gasteiger partial charge in [0, 0.05) is 45.3 Å². The standard InChI is InChI=1S/C21H28F3N3OS3/c1-2-28-13-12-26-11-10-16(15-29-17-6-4-3-5-7-17)27-19-9-8-18(31-25)14-20(19)30-21(22,23)24/h3-9,14,16,26-27H,2,10-13,15,25H2,1H3. The molecule has 0 saturated heterocycles. The summed E-state index contributed by atoms with van der Waals surface area (Å²) in [4.78, 5) is 1.84. The van der Waals surface area contributed by atoms with Crippen molar-refractivity contribution in [1.82, 2.24) is 5.32 Å². The minimum atomic E-state index is -4.37. The van der Waals surface area contributed by atoms with Crippen LogP contribution in [0, 0.1) is 0 Å². The third-order valence-electron chi connectivity index (χ3n) is 4.17. The average Bonchev–Trinajstić information content (AvgIpc) is 2.75. The maximum Gasteiger partial charge on any atom is 0.446 e. The lowest BCUT2D eigenvalue weighted by Gasteiger charge is -2.22. The molecule has 0 heterocycles. The molecule has 0 aliphatic heterocycles. The Balaban J connectivity index is 2.07. The first kappa shape index (κ1) is 26.2. The average molecular weight is 492 g/mol. The first-order valence-electron chi connectivity index (χ1n) is 9.90. The monoisotopic (exact) mass is 491 g/mol. The Morgan fingerprint density at radius 2 is 1.84 bits per heavy atom. The van der Waals surface area contributed by atoms with Crippen molar-refractivity contribution in [3.8, 4) is 0 Å². The number of benzene rings is 2. The van der Waals surface area contributed by atoms with E-state index in [1.54, 1.807) is 23.9 Å². The zero-order valence-electron chi connectivity index (χ0n) is 17.3. The summed E-state index contributed by atoms with van der Waals surface area (Å²) in [6.45, 7) is 4.74. The quantitative estimate of drug-likeness (QED) is 0.174. The summed E-state index contributed by atoms with van der Waals surface area (Å²) in [6.07, 6.45) is 0.759. The van der Waals surface area contributed by atoms with Gasteiger partial charge in [0.2, 0.25) is 0 Å². The maximum absolute atomic E-state index is 13.1. The van der Waals surface area contributed by atoms with Crippen molar-refractivity contribution in [2.75, 3.05) is 37.4 Å². The summed E-state index contributed by atoms with van der Waals surface area (Å²) < 4.78 is 44.6. The second-order valence-electron chi connectivity index (χ2n) is 6.52. The van der Waals surface area contributed by atoms with Crippen molar-refractivity contribution in [2.45, 2.75) is 39.6 Å². The van der Waals surface area contributed by atoms with Crippen molar-refractivity contribution in [3.63, 3.8) is 0 Å². The summed E-state index contributed by atoms with van der Waals surface area (Å²) in [5, 5.41) is 12.2. The maximum atomic E-state index is 13.1. The molecule has 2 aromatic carbocycles. The van der Waals surface area contributed by atoms with Gasteiger partial charge < -0.3 is 15.4 Å². The number of rotatable bonds is 14. The Morgan fingerprint density at radius 1 is 1.06 bits per heavy atom. The van der Waals surface area contributed by atoms with Crippen LogP contribution in [0.5, 0.6) is 0 Å². The van der Waals surface area contributed by atoms with E-state index in [1.165, 1.54) is 6.07 Å². The highest BCUT2D eigenvalue weighted by Crippen LogP contribution is 2.42. The molecule has 0 spiro atoms. The van der Waals surface area contributed by atoms with Crippen LogP contribution < -0.4 is 15.8 Å². The zero-order chi connectivity index (χ0) is 22.5. The molecule has 0 fully saturated rings. The van der Waals surface area contributed by atoms with E-state index in [4.69, 9.17) is 9.88 Å². The van der Waals surface area contributed by atoms with Crippen LogP contribution in [-0.2, 0) is 4.74 Å². The molecule has 2 aromatic rings. The Morgan fingerprint density at radius 3 is 2.52 bits per heavy atom. The highest BCUT2D eigenvalue weighted by atomic mass is 32.2. The van der Waals surface area contributed by atoms with Gasteiger partial charge in [-0.3, -0.25) is 5.14 Å². The van der Waals surface area contributed by atoms with Crippen LogP contribution in [0.15, 0.2) is 63.2 Å². The predicted octanol–water partition coefficient (Wildman–Crippen LogP) is 5.85. The highest BCUT2D eigenvalue weighted by Gasteiger charge is 2.31. The van der Waals surface area contributed by atoms with Gasteiger partial charge in [-0.1, -0.05) is 18.2 Å². The molecule has 1 unspecified atom stereocenters. The Labute approximate surface area is 194 Å². The number of ether oxygens (including phenoxy) is 1. The third kappa shape index (κ3) is 10.9. The first-order valence-corrected chi connectivity index (χ1v) is 12.6. The fraction of sp³-hybridized carbons (Fsp3) is 0.429. The summed E-state index contributed by atoms with van der Waals surface area (Å²) in [5.74, 6) is 0.723. The Bertz CT molecular complexity index is 767. The molecule has 0 aliphatic rings. The van der Waals surface area contributed by atoms with Gasteiger partial charge in [-0.05, 0) is 73.9 Å². The number of nitrogens with two attached hydrogens (primary N) is 1. The number of hydrogen-bond donors (Lipinski definition) is 3. The molecule has 4 nitrogen and oxygen atoms in total. The lowest BCUT2D eigenvalue weighted by molar-refractivity contribution is -0.0328. The predicted molar refractivity (Wildman–Crippen MR) is 127 cm³/mol. The van der Waals surface area contributed by atoms with E-state index in [-0.39, 0.29) is 22.7 Å². The molecule has 0 aromatic heterocycles. The molecule has 1 atom stereocenters. The van der Waals surface area contributed by atoms with Gasteiger partial charge in [-0.25, -0.2) is 0 Å². The molecule has 0 radical (unpaired) electrons. The second kappa shape index (κ2) is 14.2. The van der Waals surface area contributed by atoms with Crippen LogP contribution in [-0.4, -0.2) is 43.6 Å². The largest absolute Gasteiger partial charge is 0.446 e. The number of hydrogen-bond acceptors (Lipinski definition) is 7. The number of thioether (sulfide) groups is 2. The van der Waals surface area contributed by atoms with Gasteiger partial charge in [0.15, 0.2) is 0 Å². The van der Waals surface area contributed by atoms with Crippen LogP contribution in [0.1, 0.15) is 13.3 Å². The van der Waals surface area contributed by atoms with Gasteiger partial charge in [0.25, 0.3) is 0 Å². The van der Waals surface area contributed by atoms with Crippen molar-refractivity contribution >= 4 is 41.2 Å². The Kier molecular flexibility index (Phi) is 12.0. The molecule has 4 N–H and O–H groups in total. The SMILES string of the molecule is CCOCCNCCC(CSc1ccccc1)Nc1ccc(SN)cc1SC(F)(F)F. The molecular weight excluding hydrogens is 463 g/mol. The molecule has 10 heteroatoms. The van der Waals surface area contributed by atoms with Gasteiger partial charge in [-0.15, -0.1) is 11.8 Å². The lowest BCUT2D eigenvalue weighted by atomic mass is 10.2. The minimum absolute atomic E-state index is 0.0197. The lowest BCUT2D eigenvalue weighted by Crippen LogP contribution is -2.30. The smallest absolute Gasteiger partial charge is 0.381 e. The molecule has 31 heavy (non-hydrogen) atoms. The third-order valence-corrected chi connectivity index (χ3v) is 6.66. The topological polar surface area (TPSA) is 59.3 Å². The molecular formula is C21H28F3N3OS3. The van der Waals surface area contributed by atoms with E-state index >= 15 is 0 Å². The van der Waals surface area contributed by atoms with E-state index in [2.05, 4.69) is 10.6 Å². The van der Waals surface area contributed by atoms with Crippen LogP contribution in [0.25, 0.3) is 0 Å². The minimum Gasteiger partial charge on any atom is -0.381 e. The van der Waals surface area contributed by atoms with Crippen LogP contribution in [0.4, 0.5) is 18.9 Å². The van der Waals surface area contributed by atoms with Crippen molar-refractivity contribution in [3.05, 3.63) is 48.5 Å². The highest BCUT2D eigenvalue weighted by molar-refractivity contribution is 8.00. The number of alkyl halides is 3. The molecule has 0 bridgehead atoms. The summed E-state index contributed by atoms with van der Waals surface area (Å²) in [5.41, 5.74) is -3.91. The van der Waals surface area contributed by atoms with Crippen molar-refractivity contribution in [2.24, 2.45) is 5.14 Å². The number of halogens is 3. The van der Waals surface area contributed by atoms with E-state index in [0.29, 0.717) is 23.8 Å². The first-order chi connectivity index (χ1) is 14.9. The zero-order valence-corrected chi connectivity index (χ0v) is 19.7. The molecule has 0 amide bonds. The van der Waals surface area contributed by atoms with Gasteiger partial charge >= 0.3 is 5.51 Å². The molecule has 0 aliphatic carbocycles. The number of nitrogens with one attached hydrogen (secondary N) is 2. The fourth-order valence-corrected chi connectivity index (χ4v) is 4.80. The summed E-state index contributed by atoms with van der Waals surface area (Å²) >= 11 is 2.49. The summed E-state index contributed by atoms with van der Waals surface area (Å²) in [7, 11) is 0. The van der Waals surface area contributed by atoms with Crippen LogP contribution >= 0.6 is 35.5 Å². The summed E-state index contributed by atoms with van der Waals surface area (Å²) in [6, 6.07) is 14.8. The number of anilines is 1. The van der Waals surface area contributed by atoms with E-state index in [9.17, 15) is 13.2 Å². The van der Waals surface area contributed by atoms with Crippen molar-refractivity contribution in [1.29, 1.82) is 0 Å². The second-order valence-corrected chi connectivity index (χ2v) is 9.43. The fourth-order valence-electron chi connectivity index (χ4n) is 2.72. The van der Waals surface area contributed by atoms with E-state index < -0.39 is 5.51 Å². The van der Waals surface area contributed by atoms with E-state index in [0.717, 1.165) is 42.1 Å². The van der Waals surface area contributed by atoms with Crippen LogP contribution in [0.3, 0.4) is 0 Å². The Hall–Kier alpha value is -1.04. The van der Waals surface area contributed by atoms with Crippen molar-refractivity contribution < 1.29 is 17.9 Å². The molecule has 0 saturated carbocycles. The van der Waals surface area contributed by atoms with Gasteiger partial charge in [-0.2, -0.15) is 13.2 Å². The normalized spacial score (nSPS) is 12.7. The van der Waals surface area contributed by atoms with Gasteiger partial charge in [0.1, 0.15) is 0 Å². The van der Waals surface area contributed by atoms with E-state index in [1.807, 2.05) is 37.3 Å². The van der Waals surface area contributed by atoms with Gasteiger partial charge in [0.05, 0.1) is 6.61 Å².